The van der Waals surface area contributed by atoms with E-state index in [2.05, 4.69) is 27.8 Å². The second-order valence-corrected chi connectivity index (χ2v) is 6.99. The molecule has 2 N–H and O–H groups in total. The van der Waals surface area contributed by atoms with Crippen LogP contribution >= 0.6 is 11.8 Å². The molecular formula is C19H22N4O3S. The molecule has 2 aromatic rings. The number of carbonyl (C=O) groups excluding carboxylic acids is 2. The first-order valence-electron chi connectivity index (χ1n) is 8.74. The molecule has 142 valence electrons. The van der Waals surface area contributed by atoms with Crippen molar-refractivity contribution in [1.29, 1.82) is 0 Å². The molecule has 1 aromatic carbocycles. The quantitative estimate of drug-likeness (QED) is 0.564. The first-order valence-corrected chi connectivity index (χ1v) is 9.72. The number of nitrogens with one attached hydrogen (secondary N) is 2. The number of hydrogen-bond acceptors (Lipinski definition) is 5. The second-order valence-electron chi connectivity index (χ2n) is 6.04. The standard InChI is InChI=1S/C19H22N4O3S/c1-3-26-17(24)16-13(2)21-18(25)22-15(16)12-27-19-20-9-10-23(19)11-14-7-5-4-6-8-14/h4-10,13H,3,11-12H2,1-2H3,(H2,21,22,25). The lowest BCUT2D eigenvalue weighted by Gasteiger charge is -2.26. The molecule has 0 aliphatic carbocycles. The molecule has 1 aromatic heterocycles. The van der Waals surface area contributed by atoms with Crippen LogP contribution in [0.15, 0.2) is 59.2 Å². The Kier molecular flexibility index (Phi) is 6.18. The monoisotopic (exact) mass is 386 g/mol. The third-order valence-corrected chi connectivity index (χ3v) is 5.12. The molecule has 0 bridgehead atoms. The zero-order valence-electron chi connectivity index (χ0n) is 15.3. The molecule has 7 nitrogen and oxygen atoms in total. The minimum atomic E-state index is -0.416. The topological polar surface area (TPSA) is 85.2 Å². The third-order valence-electron chi connectivity index (χ3n) is 4.08. The van der Waals surface area contributed by atoms with Crippen LogP contribution in [0.3, 0.4) is 0 Å². The number of imidazole rings is 1. The fourth-order valence-corrected chi connectivity index (χ4v) is 3.79. The van der Waals surface area contributed by atoms with Crippen molar-refractivity contribution in [2.75, 3.05) is 12.4 Å². The number of nitrogens with zero attached hydrogens (tertiary/aromatic N) is 2. The zero-order valence-corrected chi connectivity index (χ0v) is 16.1. The Hall–Kier alpha value is -2.74. The van der Waals surface area contributed by atoms with Gasteiger partial charge >= 0.3 is 12.0 Å². The van der Waals surface area contributed by atoms with Gasteiger partial charge in [-0.3, -0.25) is 0 Å². The Morgan fingerprint density at radius 3 is 2.85 bits per heavy atom. The molecule has 2 amide bonds. The summed E-state index contributed by atoms with van der Waals surface area (Å²) in [6.07, 6.45) is 3.66. The fourth-order valence-electron chi connectivity index (χ4n) is 2.87. The smallest absolute Gasteiger partial charge is 0.337 e. The van der Waals surface area contributed by atoms with Crippen LogP contribution in [0.2, 0.25) is 0 Å². The van der Waals surface area contributed by atoms with E-state index < -0.39 is 12.0 Å². The van der Waals surface area contributed by atoms with Crippen molar-refractivity contribution in [2.24, 2.45) is 0 Å². The number of urea groups is 1. The summed E-state index contributed by atoms with van der Waals surface area (Å²) in [7, 11) is 0. The summed E-state index contributed by atoms with van der Waals surface area (Å²) >= 11 is 1.47. The van der Waals surface area contributed by atoms with Gasteiger partial charge in [0.1, 0.15) is 0 Å². The van der Waals surface area contributed by atoms with E-state index in [1.54, 1.807) is 20.0 Å². The largest absolute Gasteiger partial charge is 0.463 e. The molecule has 1 atom stereocenters. The average molecular weight is 386 g/mol. The van der Waals surface area contributed by atoms with Crippen LogP contribution in [-0.2, 0) is 16.1 Å². The molecule has 0 spiro atoms. The number of rotatable bonds is 7. The number of esters is 1. The van der Waals surface area contributed by atoms with Gasteiger partial charge in [0.05, 0.1) is 18.2 Å². The molecule has 2 heterocycles. The van der Waals surface area contributed by atoms with Gasteiger partial charge in [-0.25, -0.2) is 14.6 Å². The maximum Gasteiger partial charge on any atom is 0.337 e. The number of carbonyl (C=O) groups is 2. The molecule has 1 aliphatic rings. The molecule has 8 heteroatoms. The lowest BCUT2D eigenvalue weighted by molar-refractivity contribution is -0.138. The Balaban J connectivity index is 1.76. The van der Waals surface area contributed by atoms with Gasteiger partial charge in [-0.05, 0) is 19.4 Å². The summed E-state index contributed by atoms with van der Waals surface area (Å²) in [5, 5.41) is 6.25. The van der Waals surface area contributed by atoms with Crippen LogP contribution in [-0.4, -0.2) is 40.0 Å². The summed E-state index contributed by atoms with van der Waals surface area (Å²) in [5.41, 5.74) is 2.18. The van der Waals surface area contributed by atoms with Crippen LogP contribution in [0.1, 0.15) is 19.4 Å². The Morgan fingerprint density at radius 1 is 1.33 bits per heavy atom. The number of aromatic nitrogens is 2. The van der Waals surface area contributed by atoms with Crippen molar-refractivity contribution in [1.82, 2.24) is 20.2 Å². The average Bonchev–Trinajstić information content (AvgIpc) is 3.07. The number of ether oxygens (including phenoxy) is 1. The predicted octanol–water partition coefficient (Wildman–Crippen LogP) is 2.54. The first-order chi connectivity index (χ1) is 13.1. The first kappa shape index (κ1) is 19.0. The molecular weight excluding hydrogens is 364 g/mol. The summed E-state index contributed by atoms with van der Waals surface area (Å²) in [4.78, 5) is 28.5. The predicted molar refractivity (Wildman–Crippen MR) is 103 cm³/mol. The van der Waals surface area contributed by atoms with Gasteiger partial charge in [0.25, 0.3) is 0 Å². The molecule has 1 unspecified atom stereocenters. The highest BCUT2D eigenvalue weighted by atomic mass is 32.2. The maximum absolute atomic E-state index is 12.3. The van der Waals surface area contributed by atoms with E-state index in [1.807, 2.05) is 29.0 Å². The Bertz CT molecular complexity index is 848. The van der Waals surface area contributed by atoms with Gasteiger partial charge in [-0.15, -0.1) is 0 Å². The van der Waals surface area contributed by atoms with Crippen molar-refractivity contribution >= 4 is 23.8 Å². The van der Waals surface area contributed by atoms with Crippen molar-refractivity contribution in [3.63, 3.8) is 0 Å². The summed E-state index contributed by atoms with van der Waals surface area (Å²) in [6, 6.07) is 9.38. The van der Waals surface area contributed by atoms with Crippen molar-refractivity contribution in [3.05, 3.63) is 59.6 Å². The van der Waals surface area contributed by atoms with E-state index in [0.29, 0.717) is 23.6 Å². The molecule has 27 heavy (non-hydrogen) atoms. The van der Waals surface area contributed by atoms with Gasteiger partial charge in [0, 0.05) is 30.4 Å². The third kappa shape index (κ3) is 4.71. The van der Waals surface area contributed by atoms with Crippen LogP contribution < -0.4 is 10.6 Å². The minimum Gasteiger partial charge on any atom is -0.463 e. The fraction of sp³-hybridized carbons (Fsp3) is 0.316. The van der Waals surface area contributed by atoms with Crippen molar-refractivity contribution < 1.29 is 14.3 Å². The van der Waals surface area contributed by atoms with Crippen molar-refractivity contribution in [2.45, 2.75) is 31.6 Å². The molecule has 3 rings (SSSR count). The van der Waals surface area contributed by atoms with E-state index in [-0.39, 0.29) is 12.6 Å². The second kappa shape index (κ2) is 8.77. The highest BCUT2D eigenvalue weighted by Crippen LogP contribution is 2.23. The van der Waals surface area contributed by atoms with E-state index in [1.165, 1.54) is 17.3 Å². The van der Waals surface area contributed by atoms with E-state index in [4.69, 9.17) is 4.74 Å². The molecule has 0 fully saturated rings. The lowest BCUT2D eigenvalue weighted by atomic mass is 10.1. The summed E-state index contributed by atoms with van der Waals surface area (Å²) in [6.45, 7) is 4.51. The highest BCUT2D eigenvalue weighted by Gasteiger charge is 2.29. The Morgan fingerprint density at radius 2 is 2.11 bits per heavy atom. The van der Waals surface area contributed by atoms with Gasteiger partial charge in [0.2, 0.25) is 0 Å². The van der Waals surface area contributed by atoms with Crippen LogP contribution in [0.5, 0.6) is 0 Å². The lowest BCUT2D eigenvalue weighted by Crippen LogP contribution is -2.49. The summed E-state index contributed by atoms with van der Waals surface area (Å²) in [5.74, 6) is -0.00160. The Labute approximate surface area is 162 Å². The molecule has 0 saturated heterocycles. The van der Waals surface area contributed by atoms with Crippen LogP contribution in [0.4, 0.5) is 4.79 Å². The normalized spacial score (nSPS) is 16.7. The van der Waals surface area contributed by atoms with E-state index >= 15 is 0 Å². The number of amides is 2. The van der Waals surface area contributed by atoms with Crippen LogP contribution in [0, 0.1) is 0 Å². The van der Waals surface area contributed by atoms with Gasteiger partial charge in [-0.2, -0.15) is 0 Å². The molecule has 0 saturated carbocycles. The highest BCUT2D eigenvalue weighted by molar-refractivity contribution is 7.99. The van der Waals surface area contributed by atoms with E-state index in [9.17, 15) is 9.59 Å². The van der Waals surface area contributed by atoms with Gasteiger partial charge in [-0.1, -0.05) is 42.1 Å². The molecule has 1 aliphatic heterocycles. The summed E-state index contributed by atoms with van der Waals surface area (Å²) < 4.78 is 7.18. The zero-order chi connectivity index (χ0) is 19.2. The number of benzene rings is 1. The van der Waals surface area contributed by atoms with Gasteiger partial charge in [0.15, 0.2) is 5.16 Å². The number of thioether (sulfide) groups is 1. The SMILES string of the molecule is CCOC(=O)C1=C(CSc2nccn2Cc2ccccc2)NC(=O)NC1C. The maximum atomic E-state index is 12.3. The molecule has 0 radical (unpaired) electrons. The minimum absolute atomic E-state index is 0.283. The van der Waals surface area contributed by atoms with E-state index in [0.717, 1.165) is 5.16 Å². The van der Waals surface area contributed by atoms with Gasteiger partial charge < -0.3 is 19.9 Å². The number of hydrogen-bond donors (Lipinski definition) is 2. The van der Waals surface area contributed by atoms with Crippen LogP contribution in [0.25, 0.3) is 0 Å². The van der Waals surface area contributed by atoms with Crippen molar-refractivity contribution in [3.8, 4) is 0 Å².